The van der Waals surface area contributed by atoms with Gasteiger partial charge in [-0.3, -0.25) is 4.90 Å². The van der Waals surface area contributed by atoms with Crippen LogP contribution in [0.5, 0.6) is 0 Å². The van der Waals surface area contributed by atoms with E-state index in [1.165, 1.54) is 0 Å². The summed E-state index contributed by atoms with van der Waals surface area (Å²) in [4.78, 5) is 2.31. The van der Waals surface area contributed by atoms with E-state index in [9.17, 15) is 0 Å². The maximum atomic E-state index is 5.06. The van der Waals surface area contributed by atoms with Gasteiger partial charge in [0.25, 0.3) is 0 Å². The standard InChI is InChI=1S/C12H23NO2/c1-5-12(2)6-7-13(8-10-14-3)9-11-15-4/h5H,1-2,6-11H2,3-4H3. The first-order chi connectivity index (χ1) is 7.24. The molecule has 0 saturated carbocycles. The van der Waals surface area contributed by atoms with Crippen LogP contribution in [0.1, 0.15) is 6.42 Å². The first kappa shape index (κ1) is 14.4. The second-order valence-corrected chi connectivity index (χ2v) is 3.44. The minimum atomic E-state index is 0.754. The summed E-state index contributed by atoms with van der Waals surface area (Å²) >= 11 is 0. The highest BCUT2D eigenvalue weighted by Gasteiger charge is 2.04. The Morgan fingerprint density at radius 3 is 2.07 bits per heavy atom. The van der Waals surface area contributed by atoms with Gasteiger partial charge < -0.3 is 9.47 Å². The van der Waals surface area contributed by atoms with E-state index in [2.05, 4.69) is 18.1 Å². The Bertz CT molecular complexity index is 172. The lowest BCUT2D eigenvalue weighted by Crippen LogP contribution is -2.31. The zero-order chi connectivity index (χ0) is 11.5. The van der Waals surface area contributed by atoms with Crippen molar-refractivity contribution in [2.24, 2.45) is 0 Å². The van der Waals surface area contributed by atoms with Crippen LogP contribution in [0.4, 0.5) is 0 Å². The van der Waals surface area contributed by atoms with Crippen LogP contribution in [0, 0.1) is 0 Å². The summed E-state index contributed by atoms with van der Waals surface area (Å²) in [5.74, 6) is 0. The van der Waals surface area contributed by atoms with Crippen LogP contribution in [0.2, 0.25) is 0 Å². The molecule has 0 aromatic rings. The van der Waals surface area contributed by atoms with Crippen molar-refractivity contribution >= 4 is 0 Å². The molecule has 0 N–H and O–H groups in total. The molecule has 0 aromatic carbocycles. The normalized spacial score (nSPS) is 10.6. The van der Waals surface area contributed by atoms with Crippen LogP contribution in [-0.2, 0) is 9.47 Å². The molecule has 0 bridgehead atoms. The molecule has 0 aliphatic heterocycles. The molecule has 15 heavy (non-hydrogen) atoms. The van der Waals surface area contributed by atoms with Gasteiger partial charge in [0.1, 0.15) is 0 Å². The van der Waals surface area contributed by atoms with Crippen molar-refractivity contribution in [3.05, 3.63) is 24.8 Å². The SMILES string of the molecule is C=CC(=C)CCN(CCOC)CCOC. The number of nitrogens with zero attached hydrogens (tertiary/aromatic N) is 1. The number of rotatable bonds is 10. The third kappa shape index (κ3) is 8.36. The van der Waals surface area contributed by atoms with E-state index < -0.39 is 0 Å². The molecule has 0 aliphatic rings. The summed E-state index contributed by atoms with van der Waals surface area (Å²) in [6, 6.07) is 0. The molecule has 0 unspecified atom stereocenters. The lowest BCUT2D eigenvalue weighted by Gasteiger charge is -2.21. The largest absolute Gasteiger partial charge is 0.383 e. The predicted molar refractivity (Wildman–Crippen MR) is 64.1 cm³/mol. The van der Waals surface area contributed by atoms with Gasteiger partial charge in [0.15, 0.2) is 0 Å². The van der Waals surface area contributed by atoms with Gasteiger partial charge in [-0.25, -0.2) is 0 Å². The quantitative estimate of drug-likeness (QED) is 0.516. The highest BCUT2D eigenvalue weighted by Crippen LogP contribution is 2.01. The molecule has 3 heteroatoms. The lowest BCUT2D eigenvalue weighted by molar-refractivity contribution is 0.115. The van der Waals surface area contributed by atoms with Crippen molar-refractivity contribution in [2.45, 2.75) is 6.42 Å². The molecule has 0 radical (unpaired) electrons. The molecule has 0 atom stereocenters. The van der Waals surface area contributed by atoms with E-state index in [4.69, 9.17) is 9.47 Å². The van der Waals surface area contributed by atoms with Gasteiger partial charge in [0.05, 0.1) is 13.2 Å². The van der Waals surface area contributed by atoms with E-state index in [0.717, 1.165) is 44.8 Å². The Labute approximate surface area is 93.4 Å². The topological polar surface area (TPSA) is 21.7 Å². The highest BCUT2D eigenvalue weighted by molar-refractivity contribution is 5.10. The van der Waals surface area contributed by atoms with Crippen LogP contribution < -0.4 is 0 Å². The van der Waals surface area contributed by atoms with Crippen LogP contribution >= 0.6 is 0 Å². The van der Waals surface area contributed by atoms with E-state index in [1.54, 1.807) is 14.2 Å². The van der Waals surface area contributed by atoms with Crippen molar-refractivity contribution in [1.82, 2.24) is 4.90 Å². The fourth-order valence-electron chi connectivity index (χ4n) is 1.18. The molecule has 0 spiro atoms. The van der Waals surface area contributed by atoms with Gasteiger partial charge in [0.2, 0.25) is 0 Å². The van der Waals surface area contributed by atoms with E-state index >= 15 is 0 Å². The minimum absolute atomic E-state index is 0.754. The van der Waals surface area contributed by atoms with Crippen molar-refractivity contribution in [1.29, 1.82) is 0 Å². The maximum absolute atomic E-state index is 5.06. The molecular weight excluding hydrogens is 190 g/mol. The van der Waals surface area contributed by atoms with Crippen LogP contribution in [0.15, 0.2) is 24.8 Å². The van der Waals surface area contributed by atoms with Crippen LogP contribution in [0.25, 0.3) is 0 Å². The summed E-state index contributed by atoms with van der Waals surface area (Å²) in [6.07, 6.45) is 2.77. The van der Waals surface area contributed by atoms with Gasteiger partial charge in [-0.05, 0) is 6.42 Å². The molecule has 0 amide bonds. The molecule has 0 heterocycles. The second kappa shape index (κ2) is 9.90. The van der Waals surface area contributed by atoms with Crippen molar-refractivity contribution < 1.29 is 9.47 Å². The summed E-state index contributed by atoms with van der Waals surface area (Å²) in [6.45, 7) is 12.0. The monoisotopic (exact) mass is 213 g/mol. The first-order valence-electron chi connectivity index (χ1n) is 5.25. The maximum Gasteiger partial charge on any atom is 0.0589 e. The zero-order valence-corrected chi connectivity index (χ0v) is 10.00. The molecule has 0 rings (SSSR count). The fraction of sp³-hybridized carbons (Fsp3) is 0.667. The Balaban J connectivity index is 3.77. The highest BCUT2D eigenvalue weighted by atomic mass is 16.5. The second-order valence-electron chi connectivity index (χ2n) is 3.44. The summed E-state index contributed by atoms with van der Waals surface area (Å²) < 4.78 is 10.1. The molecule has 88 valence electrons. The van der Waals surface area contributed by atoms with Crippen LogP contribution in [-0.4, -0.2) is 52.0 Å². The number of hydrogen-bond donors (Lipinski definition) is 0. The van der Waals surface area contributed by atoms with Crippen molar-refractivity contribution in [3.8, 4) is 0 Å². The predicted octanol–water partition coefficient (Wildman–Crippen LogP) is 1.71. The summed E-state index contributed by atoms with van der Waals surface area (Å²) in [5.41, 5.74) is 1.08. The Hall–Kier alpha value is -0.640. The van der Waals surface area contributed by atoms with E-state index in [-0.39, 0.29) is 0 Å². The van der Waals surface area contributed by atoms with E-state index in [1.807, 2.05) is 6.08 Å². The number of hydrogen-bond acceptors (Lipinski definition) is 3. The van der Waals surface area contributed by atoms with Gasteiger partial charge in [-0.1, -0.05) is 24.8 Å². The molecule has 0 fully saturated rings. The first-order valence-corrected chi connectivity index (χ1v) is 5.25. The molecular formula is C12H23NO2. The average Bonchev–Trinajstić information content (AvgIpc) is 2.27. The zero-order valence-electron chi connectivity index (χ0n) is 10.00. The molecule has 0 aromatic heterocycles. The number of allylic oxidation sites excluding steroid dienone is 1. The number of methoxy groups -OCH3 is 2. The van der Waals surface area contributed by atoms with Gasteiger partial charge >= 0.3 is 0 Å². The van der Waals surface area contributed by atoms with Gasteiger partial charge in [-0.15, -0.1) is 0 Å². The minimum Gasteiger partial charge on any atom is -0.383 e. The molecule has 0 saturated heterocycles. The molecule has 3 nitrogen and oxygen atoms in total. The Kier molecular flexibility index (Phi) is 9.48. The third-order valence-electron chi connectivity index (χ3n) is 2.26. The lowest BCUT2D eigenvalue weighted by atomic mass is 10.2. The Morgan fingerprint density at radius 1 is 1.13 bits per heavy atom. The van der Waals surface area contributed by atoms with E-state index in [0.29, 0.717) is 0 Å². The summed E-state index contributed by atoms with van der Waals surface area (Å²) in [5, 5.41) is 0. The average molecular weight is 213 g/mol. The van der Waals surface area contributed by atoms with Gasteiger partial charge in [0, 0.05) is 33.9 Å². The van der Waals surface area contributed by atoms with Crippen molar-refractivity contribution in [3.63, 3.8) is 0 Å². The van der Waals surface area contributed by atoms with Crippen molar-refractivity contribution in [2.75, 3.05) is 47.1 Å². The summed E-state index contributed by atoms with van der Waals surface area (Å²) in [7, 11) is 3.44. The van der Waals surface area contributed by atoms with Crippen LogP contribution in [0.3, 0.4) is 0 Å². The number of ether oxygens (including phenoxy) is 2. The smallest absolute Gasteiger partial charge is 0.0589 e. The van der Waals surface area contributed by atoms with Gasteiger partial charge in [-0.2, -0.15) is 0 Å². The fourth-order valence-corrected chi connectivity index (χ4v) is 1.18. The Morgan fingerprint density at radius 2 is 1.67 bits per heavy atom. The third-order valence-corrected chi connectivity index (χ3v) is 2.26. The molecule has 0 aliphatic carbocycles.